The van der Waals surface area contributed by atoms with E-state index >= 15 is 0 Å². The van der Waals surface area contributed by atoms with Gasteiger partial charge in [0.1, 0.15) is 6.17 Å². The lowest BCUT2D eigenvalue weighted by Gasteiger charge is -2.45. The fourth-order valence-electron chi connectivity index (χ4n) is 5.09. The molecule has 0 heterocycles. The van der Waals surface area contributed by atoms with Gasteiger partial charge in [0, 0.05) is 0 Å². The third kappa shape index (κ3) is 3.44. The summed E-state index contributed by atoms with van der Waals surface area (Å²) in [5.74, 6) is 1.49. The van der Waals surface area contributed by atoms with Crippen LogP contribution in [0.15, 0.2) is 0 Å². The van der Waals surface area contributed by atoms with Crippen LogP contribution < -0.4 is 0 Å². The van der Waals surface area contributed by atoms with E-state index in [0.717, 1.165) is 25.7 Å². The molecule has 0 aromatic rings. The highest BCUT2D eigenvalue weighted by Gasteiger charge is 2.52. The molecule has 2 aliphatic rings. The normalized spacial score (nSPS) is 39.9. The molecule has 0 aromatic carbocycles. The Morgan fingerprint density at radius 2 is 1.90 bits per heavy atom. The zero-order valence-corrected chi connectivity index (χ0v) is 14.1. The van der Waals surface area contributed by atoms with Crippen LogP contribution in [0.5, 0.6) is 0 Å². The second-order valence-corrected chi connectivity index (χ2v) is 8.43. The van der Waals surface area contributed by atoms with E-state index in [1.807, 2.05) is 0 Å². The molecule has 2 rings (SSSR count). The maximum Gasteiger partial charge on any atom is 0.128 e. The van der Waals surface area contributed by atoms with Crippen LogP contribution in [-0.4, -0.2) is 28.1 Å². The number of aliphatic hydroxyl groups excluding tert-OH is 1. The standard InChI is InChI=1S/C18H33FO2/c1-12(7-10-16(19)17(2,3)21)13-8-9-14-15(20)6-5-11-18(13,14)4/h12-16,20-21H,5-11H2,1-4H3/t12?,13-,14+,15+,16?,18-/m1/s1. The van der Waals surface area contributed by atoms with Crippen molar-refractivity contribution in [1.82, 2.24) is 0 Å². The van der Waals surface area contributed by atoms with Gasteiger partial charge in [-0.15, -0.1) is 0 Å². The minimum Gasteiger partial charge on any atom is -0.393 e. The van der Waals surface area contributed by atoms with Gasteiger partial charge in [0.25, 0.3) is 0 Å². The van der Waals surface area contributed by atoms with E-state index in [2.05, 4.69) is 13.8 Å². The summed E-state index contributed by atoms with van der Waals surface area (Å²) in [7, 11) is 0. The van der Waals surface area contributed by atoms with Crippen molar-refractivity contribution in [1.29, 1.82) is 0 Å². The zero-order valence-electron chi connectivity index (χ0n) is 14.1. The number of alkyl halides is 1. The molecule has 0 radical (unpaired) electrons. The van der Waals surface area contributed by atoms with Crippen LogP contribution in [0.4, 0.5) is 4.39 Å². The predicted octanol–water partition coefficient (Wildman–Crippen LogP) is 4.09. The Morgan fingerprint density at radius 1 is 1.24 bits per heavy atom. The largest absolute Gasteiger partial charge is 0.393 e. The van der Waals surface area contributed by atoms with Gasteiger partial charge < -0.3 is 10.2 Å². The fraction of sp³-hybridized carbons (Fsp3) is 1.00. The Hall–Kier alpha value is -0.150. The van der Waals surface area contributed by atoms with Gasteiger partial charge in [-0.25, -0.2) is 4.39 Å². The second kappa shape index (κ2) is 6.16. The number of hydrogen-bond acceptors (Lipinski definition) is 2. The smallest absolute Gasteiger partial charge is 0.128 e. The van der Waals surface area contributed by atoms with E-state index in [4.69, 9.17) is 0 Å². The van der Waals surface area contributed by atoms with Crippen LogP contribution in [0.2, 0.25) is 0 Å². The molecule has 0 bridgehead atoms. The van der Waals surface area contributed by atoms with Crippen LogP contribution in [0, 0.1) is 23.2 Å². The quantitative estimate of drug-likeness (QED) is 0.803. The maximum atomic E-state index is 14.0. The molecular weight excluding hydrogens is 267 g/mol. The highest BCUT2D eigenvalue weighted by molar-refractivity contribution is 5.01. The van der Waals surface area contributed by atoms with Crippen molar-refractivity contribution in [2.45, 2.75) is 90.5 Å². The van der Waals surface area contributed by atoms with Gasteiger partial charge in [-0.05, 0) is 75.5 Å². The first-order chi connectivity index (χ1) is 9.66. The first kappa shape index (κ1) is 17.2. The molecule has 2 aliphatic carbocycles. The summed E-state index contributed by atoms with van der Waals surface area (Å²) in [4.78, 5) is 0. The minimum absolute atomic E-state index is 0.133. The van der Waals surface area contributed by atoms with Crippen molar-refractivity contribution < 1.29 is 14.6 Å². The first-order valence-corrected chi connectivity index (χ1v) is 8.70. The predicted molar refractivity (Wildman–Crippen MR) is 83.8 cm³/mol. The molecule has 0 amide bonds. The first-order valence-electron chi connectivity index (χ1n) is 8.70. The maximum absolute atomic E-state index is 14.0. The van der Waals surface area contributed by atoms with E-state index in [1.165, 1.54) is 12.8 Å². The lowest BCUT2D eigenvalue weighted by atomic mass is 9.61. The summed E-state index contributed by atoms with van der Waals surface area (Å²) in [6, 6.07) is 0. The molecule has 0 aromatic heterocycles. The lowest BCUT2D eigenvalue weighted by Crippen LogP contribution is -2.41. The van der Waals surface area contributed by atoms with E-state index in [0.29, 0.717) is 24.2 Å². The van der Waals surface area contributed by atoms with Crippen LogP contribution in [0.3, 0.4) is 0 Å². The summed E-state index contributed by atoms with van der Waals surface area (Å²) in [6.07, 6.45) is 5.54. The molecule has 0 spiro atoms. The third-order valence-electron chi connectivity index (χ3n) is 6.49. The van der Waals surface area contributed by atoms with Gasteiger partial charge in [0.05, 0.1) is 11.7 Å². The number of rotatable bonds is 5. The number of hydrogen-bond donors (Lipinski definition) is 2. The molecule has 2 N–H and O–H groups in total. The Kier molecular flexibility index (Phi) is 5.04. The van der Waals surface area contributed by atoms with Crippen LogP contribution >= 0.6 is 0 Å². The van der Waals surface area contributed by atoms with Crippen molar-refractivity contribution in [3.8, 4) is 0 Å². The fourth-order valence-corrected chi connectivity index (χ4v) is 5.09. The van der Waals surface area contributed by atoms with E-state index in [9.17, 15) is 14.6 Å². The molecule has 3 heteroatoms. The molecule has 0 saturated heterocycles. The van der Waals surface area contributed by atoms with Crippen LogP contribution in [0.25, 0.3) is 0 Å². The Bertz CT molecular complexity index is 352. The van der Waals surface area contributed by atoms with Gasteiger partial charge >= 0.3 is 0 Å². The van der Waals surface area contributed by atoms with Gasteiger partial charge in [-0.1, -0.05) is 20.3 Å². The van der Waals surface area contributed by atoms with Crippen LogP contribution in [0.1, 0.15) is 72.6 Å². The number of halogens is 1. The highest BCUT2D eigenvalue weighted by Crippen LogP contribution is 2.58. The third-order valence-corrected chi connectivity index (χ3v) is 6.49. The van der Waals surface area contributed by atoms with Gasteiger partial charge in [-0.3, -0.25) is 0 Å². The SMILES string of the molecule is CC(CCC(F)C(C)(C)O)[C@H]1CC[C@H]2[C@@H](O)CCC[C@]12C. The van der Waals surface area contributed by atoms with Crippen molar-refractivity contribution in [2.24, 2.45) is 23.2 Å². The monoisotopic (exact) mass is 300 g/mol. The summed E-state index contributed by atoms with van der Waals surface area (Å²) in [6.45, 7) is 7.67. The molecular formula is C18H33FO2. The van der Waals surface area contributed by atoms with E-state index in [1.54, 1.807) is 13.8 Å². The van der Waals surface area contributed by atoms with Gasteiger partial charge in [-0.2, -0.15) is 0 Å². The Balaban J connectivity index is 1.95. The molecule has 21 heavy (non-hydrogen) atoms. The summed E-state index contributed by atoms with van der Waals surface area (Å²) >= 11 is 0. The van der Waals surface area contributed by atoms with E-state index < -0.39 is 11.8 Å². The topological polar surface area (TPSA) is 40.5 Å². The zero-order chi connectivity index (χ0) is 15.8. The highest BCUT2D eigenvalue weighted by atomic mass is 19.1. The Labute approximate surface area is 129 Å². The molecule has 2 nitrogen and oxygen atoms in total. The lowest BCUT2D eigenvalue weighted by molar-refractivity contribution is -0.0329. The van der Waals surface area contributed by atoms with Crippen molar-refractivity contribution in [2.75, 3.05) is 0 Å². The van der Waals surface area contributed by atoms with Crippen LogP contribution in [-0.2, 0) is 0 Å². The molecule has 124 valence electrons. The molecule has 6 atom stereocenters. The summed E-state index contributed by atoms with van der Waals surface area (Å²) < 4.78 is 14.0. The van der Waals surface area contributed by atoms with Crippen molar-refractivity contribution in [3.05, 3.63) is 0 Å². The summed E-state index contributed by atoms with van der Waals surface area (Å²) in [5, 5.41) is 20.0. The number of aliphatic hydroxyl groups is 2. The number of fused-ring (bicyclic) bond motifs is 1. The second-order valence-electron chi connectivity index (χ2n) is 8.43. The molecule has 2 fully saturated rings. The minimum atomic E-state index is -1.23. The van der Waals surface area contributed by atoms with Gasteiger partial charge in [0.2, 0.25) is 0 Å². The molecule has 0 aliphatic heterocycles. The van der Waals surface area contributed by atoms with Crippen molar-refractivity contribution >= 4 is 0 Å². The average molecular weight is 300 g/mol. The molecule has 2 saturated carbocycles. The van der Waals surface area contributed by atoms with E-state index in [-0.39, 0.29) is 11.5 Å². The Morgan fingerprint density at radius 3 is 2.52 bits per heavy atom. The summed E-state index contributed by atoms with van der Waals surface area (Å²) in [5.41, 5.74) is -1.000. The molecule has 2 unspecified atom stereocenters. The van der Waals surface area contributed by atoms with Crippen molar-refractivity contribution in [3.63, 3.8) is 0 Å². The van der Waals surface area contributed by atoms with Gasteiger partial charge in [0.15, 0.2) is 0 Å². The average Bonchev–Trinajstić information content (AvgIpc) is 2.73.